The number of aromatic nitrogens is 2. The molecule has 2 aromatic heterocycles. The lowest BCUT2D eigenvalue weighted by Crippen LogP contribution is -2.48. The van der Waals surface area contributed by atoms with E-state index in [1.165, 1.54) is 4.90 Å². The van der Waals surface area contributed by atoms with Gasteiger partial charge < -0.3 is 19.8 Å². The van der Waals surface area contributed by atoms with Crippen LogP contribution < -0.4 is 5.32 Å². The van der Waals surface area contributed by atoms with Crippen LogP contribution in [0.3, 0.4) is 0 Å². The molecule has 9 heteroatoms. The van der Waals surface area contributed by atoms with Crippen LogP contribution in [0.2, 0.25) is 0 Å². The molecule has 0 bridgehead atoms. The Morgan fingerprint density at radius 2 is 2.00 bits per heavy atom. The Morgan fingerprint density at radius 3 is 2.59 bits per heavy atom. The summed E-state index contributed by atoms with van der Waals surface area (Å²) < 4.78 is 5.18. The predicted molar refractivity (Wildman–Crippen MR) is 129 cm³/mol. The number of hydrogen-bond acceptors (Lipinski definition) is 7. The van der Waals surface area contributed by atoms with E-state index in [1.54, 1.807) is 24.3 Å². The molecular weight excluding hydrogens is 452 g/mol. The molecule has 0 aliphatic carbocycles. The minimum Gasteiger partial charge on any atom is -0.391 e. The molecule has 1 aromatic carbocycles. The molecule has 4 rings (SSSR count). The molecule has 34 heavy (non-hydrogen) atoms. The summed E-state index contributed by atoms with van der Waals surface area (Å²) in [6.45, 7) is 8.10. The molecule has 0 radical (unpaired) electrons. The van der Waals surface area contributed by atoms with Gasteiger partial charge in [0.25, 0.3) is 0 Å². The van der Waals surface area contributed by atoms with Gasteiger partial charge in [-0.15, -0.1) is 11.3 Å². The van der Waals surface area contributed by atoms with Gasteiger partial charge >= 0.3 is 0 Å². The molecule has 3 aromatic rings. The van der Waals surface area contributed by atoms with E-state index in [-0.39, 0.29) is 30.7 Å². The first-order valence-corrected chi connectivity index (χ1v) is 12.3. The standard InChI is InChI=1S/C25H30N4O4S/c1-14(2)22(20-9-15(3)33-28-20)25(32)29-12-19(30)10-21(29)24(31)26-11-17-5-7-18(8-6-17)23-16(4)27-13-34-23/h5-9,13-14,19,21-22,30H,10-12H2,1-4H3,(H,26,31)/t19-,21+,22?/m1/s1. The molecule has 1 aliphatic heterocycles. The van der Waals surface area contributed by atoms with Crippen LogP contribution in [0.5, 0.6) is 0 Å². The average molecular weight is 483 g/mol. The van der Waals surface area contributed by atoms with Gasteiger partial charge in [0.1, 0.15) is 11.8 Å². The number of nitrogens with one attached hydrogen (secondary N) is 1. The number of aliphatic hydroxyl groups excluding tert-OH is 1. The molecule has 2 N–H and O–H groups in total. The molecule has 3 atom stereocenters. The molecule has 1 aliphatic rings. The van der Waals surface area contributed by atoms with Crippen molar-refractivity contribution in [2.24, 2.45) is 5.92 Å². The van der Waals surface area contributed by atoms with Crippen molar-refractivity contribution < 1.29 is 19.2 Å². The maximum atomic E-state index is 13.5. The zero-order valence-corrected chi connectivity index (χ0v) is 20.6. The minimum absolute atomic E-state index is 0.0425. The molecular formula is C25H30N4O4S. The first-order valence-electron chi connectivity index (χ1n) is 11.4. The van der Waals surface area contributed by atoms with Crippen LogP contribution in [0.1, 0.15) is 48.9 Å². The molecule has 1 saturated heterocycles. The summed E-state index contributed by atoms with van der Waals surface area (Å²) in [5.74, 6) is -0.448. The Balaban J connectivity index is 1.43. The predicted octanol–water partition coefficient (Wildman–Crippen LogP) is 3.43. The van der Waals surface area contributed by atoms with E-state index >= 15 is 0 Å². The number of carbonyl (C=O) groups excluding carboxylic acids is 2. The van der Waals surface area contributed by atoms with Gasteiger partial charge in [-0.05, 0) is 30.9 Å². The van der Waals surface area contributed by atoms with Crippen molar-refractivity contribution in [3.63, 3.8) is 0 Å². The van der Waals surface area contributed by atoms with Crippen LogP contribution in [0, 0.1) is 19.8 Å². The van der Waals surface area contributed by atoms with Crippen LogP contribution in [0.4, 0.5) is 0 Å². The molecule has 1 unspecified atom stereocenters. The van der Waals surface area contributed by atoms with Crippen LogP contribution >= 0.6 is 11.3 Å². The topological polar surface area (TPSA) is 109 Å². The number of amides is 2. The molecule has 0 spiro atoms. The van der Waals surface area contributed by atoms with Crippen LogP contribution in [0.15, 0.2) is 40.4 Å². The molecule has 8 nitrogen and oxygen atoms in total. The Labute approximate surface area is 203 Å². The number of likely N-dealkylation sites (tertiary alicyclic amines) is 1. The Kier molecular flexibility index (Phi) is 7.13. The van der Waals surface area contributed by atoms with Crippen LogP contribution in [-0.2, 0) is 16.1 Å². The fourth-order valence-electron chi connectivity index (χ4n) is 4.43. The number of aliphatic hydroxyl groups is 1. The van der Waals surface area contributed by atoms with Gasteiger partial charge in [0, 0.05) is 25.6 Å². The van der Waals surface area contributed by atoms with E-state index in [1.807, 2.05) is 50.5 Å². The number of nitrogens with zero attached hydrogens (tertiary/aromatic N) is 3. The number of β-amino-alcohol motifs (C(OH)–C–C–N with tert-alkyl or cyclic N) is 1. The van der Waals surface area contributed by atoms with Gasteiger partial charge in [0.2, 0.25) is 11.8 Å². The maximum absolute atomic E-state index is 13.5. The number of rotatable bonds is 7. The van der Waals surface area contributed by atoms with Crippen molar-refractivity contribution in [3.8, 4) is 10.4 Å². The van der Waals surface area contributed by atoms with Gasteiger partial charge in [0.05, 0.1) is 33.8 Å². The van der Waals surface area contributed by atoms with Crippen molar-refractivity contribution in [1.29, 1.82) is 0 Å². The zero-order chi connectivity index (χ0) is 24.4. The summed E-state index contributed by atoms with van der Waals surface area (Å²) in [6.07, 6.45) is -0.530. The molecule has 0 saturated carbocycles. The van der Waals surface area contributed by atoms with Crippen LogP contribution in [0.25, 0.3) is 10.4 Å². The summed E-state index contributed by atoms with van der Waals surface area (Å²) in [7, 11) is 0. The molecule has 2 amide bonds. The van der Waals surface area contributed by atoms with Crippen LogP contribution in [-0.4, -0.2) is 50.7 Å². The van der Waals surface area contributed by atoms with Crippen molar-refractivity contribution in [2.45, 2.75) is 58.7 Å². The fraction of sp³-hybridized carbons (Fsp3) is 0.440. The monoisotopic (exact) mass is 482 g/mol. The number of aryl methyl sites for hydroxylation is 2. The highest BCUT2D eigenvalue weighted by atomic mass is 32.1. The number of hydrogen-bond donors (Lipinski definition) is 2. The van der Waals surface area contributed by atoms with Gasteiger partial charge in [-0.25, -0.2) is 4.98 Å². The van der Waals surface area contributed by atoms with Gasteiger partial charge in [-0.3, -0.25) is 9.59 Å². The third-order valence-electron chi connectivity index (χ3n) is 6.19. The van der Waals surface area contributed by atoms with E-state index in [0.29, 0.717) is 18.0 Å². The normalized spacial score (nSPS) is 18.9. The SMILES string of the molecule is Cc1cc(C(C(=O)N2C[C@H](O)C[C@H]2C(=O)NCc2ccc(-c3scnc3C)cc2)C(C)C)no1. The summed E-state index contributed by atoms with van der Waals surface area (Å²) in [5, 5.41) is 17.3. The second-order valence-electron chi connectivity index (χ2n) is 9.16. The Morgan fingerprint density at radius 1 is 1.26 bits per heavy atom. The van der Waals surface area contributed by atoms with Gasteiger partial charge in [0.15, 0.2) is 0 Å². The Hall–Kier alpha value is -3.04. The summed E-state index contributed by atoms with van der Waals surface area (Å²) in [5.41, 5.74) is 5.42. The number of carbonyl (C=O) groups is 2. The van der Waals surface area contributed by atoms with E-state index < -0.39 is 18.1 Å². The van der Waals surface area contributed by atoms with Crippen molar-refractivity contribution in [3.05, 3.63) is 58.6 Å². The van der Waals surface area contributed by atoms with E-state index in [4.69, 9.17) is 4.52 Å². The summed E-state index contributed by atoms with van der Waals surface area (Å²) in [6, 6.07) is 9.01. The van der Waals surface area contributed by atoms with Crippen molar-refractivity contribution >= 4 is 23.2 Å². The second kappa shape index (κ2) is 10.1. The van der Waals surface area contributed by atoms with Crippen molar-refractivity contribution in [1.82, 2.24) is 20.4 Å². The summed E-state index contributed by atoms with van der Waals surface area (Å²) in [4.78, 5) is 33.4. The lowest BCUT2D eigenvalue weighted by Gasteiger charge is -2.29. The average Bonchev–Trinajstić information content (AvgIpc) is 3.52. The molecule has 1 fully saturated rings. The van der Waals surface area contributed by atoms with Gasteiger partial charge in [-0.1, -0.05) is 43.3 Å². The van der Waals surface area contributed by atoms with E-state index in [9.17, 15) is 14.7 Å². The van der Waals surface area contributed by atoms with E-state index in [0.717, 1.165) is 21.7 Å². The summed E-state index contributed by atoms with van der Waals surface area (Å²) >= 11 is 1.60. The highest BCUT2D eigenvalue weighted by Gasteiger charge is 2.42. The highest BCUT2D eigenvalue weighted by Crippen LogP contribution is 2.31. The fourth-order valence-corrected chi connectivity index (χ4v) is 5.24. The smallest absolute Gasteiger partial charge is 0.243 e. The quantitative estimate of drug-likeness (QED) is 0.534. The van der Waals surface area contributed by atoms with E-state index in [2.05, 4.69) is 15.5 Å². The zero-order valence-electron chi connectivity index (χ0n) is 19.8. The lowest BCUT2D eigenvalue weighted by molar-refractivity contribution is -0.140. The second-order valence-corrected chi connectivity index (χ2v) is 10.0. The maximum Gasteiger partial charge on any atom is 0.243 e. The lowest BCUT2D eigenvalue weighted by atomic mass is 9.90. The molecule has 180 valence electrons. The number of thiazole rings is 1. The molecule has 3 heterocycles. The Bertz CT molecular complexity index is 1150. The van der Waals surface area contributed by atoms with Gasteiger partial charge in [-0.2, -0.15) is 0 Å². The first-order chi connectivity index (χ1) is 16.2. The largest absolute Gasteiger partial charge is 0.391 e. The van der Waals surface area contributed by atoms with Crippen molar-refractivity contribution in [2.75, 3.05) is 6.54 Å². The first kappa shape index (κ1) is 24.1. The minimum atomic E-state index is -0.742. The third kappa shape index (κ3) is 5.05. The number of benzene rings is 1. The third-order valence-corrected chi connectivity index (χ3v) is 7.17. The highest BCUT2D eigenvalue weighted by molar-refractivity contribution is 7.13.